The zero-order valence-corrected chi connectivity index (χ0v) is 15.1. The smallest absolute Gasteiger partial charge is 0.225 e. The van der Waals surface area contributed by atoms with Crippen molar-refractivity contribution in [3.63, 3.8) is 0 Å². The molecule has 2 atom stereocenters. The zero-order valence-electron chi connectivity index (χ0n) is 15.1. The molecule has 1 amide bonds. The summed E-state index contributed by atoms with van der Waals surface area (Å²) in [7, 11) is 0. The van der Waals surface area contributed by atoms with Gasteiger partial charge in [-0.25, -0.2) is 0 Å². The minimum absolute atomic E-state index is 0.0104. The standard InChI is InChI=1S/C21H29NO2/c1-20(2)18-13-15-16(9-6-10-17(15)23)21(20,3)11-12-22(18)19(24)14-7-4-5-8-14/h6,9-10,14,18,23H,4-5,7-8,11-13H2,1-3H3/t18?,21-/m0/s1. The summed E-state index contributed by atoms with van der Waals surface area (Å²) in [6, 6.07) is 6.12. The molecule has 3 aliphatic rings. The van der Waals surface area contributed by atoms with Crippen molar-refractivity contribution in [3.8, 4) is 5.75 Å². The fraction of sp³-hybridized carbons (Fsp3) is 0.667. The van der Waals surface area contributed by atoms with Crippen molar-refractivity contribution >= 4 is 5.91 Å². The Morgan fingerprint density at radius 1 is 1.21 bits per heavy atom. The summed E-state index contributed by atoms with van der Waals surface area (Å²) in [6.45, 7) is 7.82. The molecular formula is C21H29NO2. The molecule has 2 fully saturated rings. The number of likely N-dealkylation sites (tertiary alicyclic amines) is 1. The lowest BCUT2D eigenvalue weighted by Crippen LogP contribution is -2.65. The van der Waals surface area contributed by atoms with Crippen molar-refractivity contribution in [2.45, 2.75) is 70.8 Å². The summed E-state index contributed by atoms with van der Waals surface area (Å²) in [5.74, 6) is 0.997. The molecule has 1 N–H and O–H groups in total. The molecule has 1 heterocycles. The number of nitrogens with zero attached hydrogens (tertiary/aromatic N) is 1. The molecule has 0 spiro atoms. The van der Waals surface area contributed by atoms with Gasteiger partial charge in [-0.3, -0.25) is 4.79 Å². The molecule has 1 aromatic rings. The predicted octanol–water partition coefficient (Wildman–Crippen LogP) is 4.02. The van der Waals surface area contributed by atoms with Gasteiger partial charge < -0.3 is 10.0 Å². The molecule has 4 rings (SSSR count). The Hall–Kier alpha value is -1.51. The Bertz CT molecular complexity index is 674. The number of hydrogen-bond acceptors (Lipinski definition) is 2. The van der Waals surface area contributed by atoms with Crippen LogP contribution in [0.5, 0.6) is 5.75 Å². The van der Waals surface area contributed by atoms with Gasteiger partial charge in [-0.2, -0.15) is 0 Å². The van der Waals surface area contributed by atoms with E-state index in [4.69, 9.17) is 0 Å². The fourth-order valence-electron chi connectivity index (χ4n) is 5.60. The monoisotopic (exact) mass is 327 g/mol. The second-order valence-electron chi connectivity index (χ2n) is 8.84. The van der Waals surface area contributed by atoms with E-state index in [-0.39, 0.29) is 22.8 Å². The van der Waals surface area contributed by atoms with Gasteiger partial charge in [0.15, 0.2) is 0 Å². The van der Waals surface area contributed by atoms with Crippen LogP contribution in [0.1, 0.15) is 64.0 Å². The van der Waals surface area contributed by atoms with E-state index < -0.39 is 0 Å². The maximum Gasteiger partial charge on any atom is 0.225 e. The van der Waals surface area contributed by atoms with E-state index in [1.54, 1.807) is 6.07 Å². The zero-order chi connectivity index (χ0) is 17.1. The maximum atomic E-state index is 13.2. The van der Waals surface area contributed by atoms with E-state index in [0.717, 1.165) is 37.8 Å². The second kappa shape index (κ2) is 5.24. The number of piperidine rings is 1. The van der Waals surface area contributed by atoms with E-state index in [9.17, 15) is 9.90 Å². The van der Waals surface area contributed by atoms with Crippen LogP contribution in [0.2, 0.25) is 0 Å². The molecular weight excluding hydrogens is 298 g/mol. The number of benzene rings is 1. The molecule has 1 aromatic carbocycles. The summed E-state index contributed by atoms with van der Waals surface area (Å²) in [4.78, 5) is 15.3. The first kappa shape index (κ1) is 16.0. The van der Waals surface area contributed by atoms with Gasteiger partial charge in [0.2, 0.25) is 5.91 Å². The molecule has 1 saturated carbocycles. The molecule has 2 bridgehead atoms. The molecule has 2 aliphatic carbocycles. The topological polar surface area (TPSA) is 40.5 Å². The summed E-state index contributed by atoms with van der Waals surface area (Å²) < 4.78 is 0. The van der Waals surface area contributed by atoms with Crippen molar-refractivity contribution in [3.05, 3.63) is 29.3 Å². The number of carbonyl (C=O) groups is 1. The number of fused-ring (bicyclic) bond motifs is 4. The largest absolute Gasteiger partial charge is 0.508 e. The number of carbonyl (C=O) groups excluding carboxylic acids is 1. The van der Waals surface area contributed by atoms with E-state index in [0.29, 0.717) is 11.7 Å². The minimum atomic E-state index is 0.0104. The predicted molar refractivity (Wildman–Crippen MR) is 95.0 cm³/mol. The van der Waals surface area contributed by atoms with Crippen LogP contribution in [-0.2, 0) is 16.6 Å². The van der Waals surface area contributed by atoms with Crippen molar-refractivity contribution in [2.75, 3.05) is 6.54 Å². The molecule has 3 nitrogen and oxygen atoms in total. The van der Waals surface area contributed by atoms with Gasteiger partial charge in [-0.1, -0.05) is 45.7 Å². The summed E-state index contributed by atoms with van der Waals surface area (Å²) in [5.41, 5.74) is 2.38. The van der Waals surface area contributed by atoms with Gasteiger partial charge in [-0.05, 0) is 48.3 Å². The van der Waals surface area contributed by atoms with Gasteiger partial charge >= 0.3 is 0 Å². The highest BCUT2D eigenvalue weighted by Crippen LogP contribution is 2.57. The maximum absolute atomic E-state index is 13.2. The lowest BCUT2D eigenvalue weighted by atomic mass is 9.51. The van der Waals surface area contributed by atoms with Gasteiger partial charge in [-0.15, -0.1) is 0 Å². The molecule has 1 unspecified atom stereocenters. The Morgan fingerprint density at radius 3 is 2.62 bits per heavy atom. The number of aromatic hydroxyl groups is 1. The minimum Gasteiger partial charge on any atom is -0.508 e. The normalized spacial score (nSPS) is 31.8. The van der Waals surface area contributed by atoms with Crippen molar-refractivity contribution < 1.29 is 9.90 Å². The molecule has 1 aliphatic heterocycles. The van der Waals surface area contributed by atoms with E-state index in [2.05, 4.69) is 31.7 Å². The molecule has 130 valence electrons. The number of hydrogen-bond donors (Lipinski definition) is 1. The lowest BCUT2D eigenvalue weighted by molar-refractivity contribution is -0.148. The Morgan fingerprint density at radius 2 is 1.92 bits per heavy atom. The number of phenolic OH excluding ortho intramolecular Hbond substituents is 1. The molecule has 0 aromatic heterocycles. The Kier molecular flexibility index (Phi) is 3.49. The fourth-order valence-corrected chi connectivity index (χ4v) is 5.60. The third-order valence-electron chi connectivity index (χ3n) is 7.61. The van der Waals surface area contributed by atoms with Gasteiger partial charge in [0.1, 0.15) is 5.75 Å². The quantitative estimate of drug-likeness (QED) is 0.846. The van der Waals surface area contributed by atoms with Crippen molar-refractivity contribution in [1.29, 1.82) is 0 Å². The van der Waals surface area contributed by atoms with Crippen LogP contribution in [0.3, 0.4) is 0 Å². The summed E-state index contributed by atoms with van der Waals surface area (Å²) in [6.07, 6.45) is 6.26. The summed E-state index contributed by atoms with van der Waals surface area (Å²) in [5, 5.41) is 10.4. The third-order valence-corrected chi connectivity index (χ3v) is 7.61. The van der Waals surface area contributed by atoms with Gasteiger partial charge in [0.05, 0.1) is 0 Å². The Balaban J connectivity index is 1.76. The highest BCUT2D eigenvalue weighted by atomic mass is 16.3. The number of amides is 1. The van der Waals surface area contributed by atoms with Crippen LogP contribution in [0, 0.1) is 11.3 Å². The van der Waals surface area contributed by atoms with E-state index >= 15 is 0 Å². The highest BCUT2D eigenvalue weighted by Gasteiger charge is 2.57. The second-order valence-corrected chi connectivity index (χ2v) is 8.84. The molecule has 0 radical (unpaired) electrons. The third kappa shape index (κ3) is 1.99. The summed E-state index contributed by atoms with van der Waals surface area (Å²) >= 11 is 0. The average Bonchev–Trinajstić information content (AvgIpc) is 3.05. The molecule has 3 heteroatoms. The van der Waals surface area contributed by atoms with Crippen molar-refractivity contribution in [1.82, 2.24) is 4.90 Å². The van der Waals surface area contributed by atoms with Crippen LogP contribution in [-0.4, -0.2) is 28.5 Å². The van der Waals surface area contributed by atoms with Gasteiger partial charge in [0, 0.05) is 23.9 Å². The first-order chi connectivity index (χ1) is 11.4. The number of rotatable bonds is 1. The first-order valence-electron chi connectivity index (χ1n) is 9.48. The van der Waals surface area contributed by atoms with Crippen LogP contribution >= 0.6 is 0 Å². The van der Waals surface area contributed by atoms with E-state index in [1.807, 2.05) is 6.07 Å². The van der Waals surface area contributed by atoms with Crippen LogP contribution < -0.4 is 0 Å². The Labute approximate surface area is 145 Å². The number of phenols is 1. The van der Waals surface area contributed by atoms with Crippen LogP contribution in [0.25, 0.3) is 0 Å². The molecule has 1 saturated heterocycles. The van der Waals surface area contributed by atoms with Gasteiger partial charge in [0.25, 0.3) is 0 Å². The lowest BCUT2D eigenvalue weighted by Gasteiger charge is -2.61. The van der Waals surface area contributed by atoms with Crippen LogP contribution in [0.15, 0.2) is 18.2 Å². The first-order valence-corrected chi connectivity index (χ1v) is 9.48. The SMILES string of the molecule is CC1(C)C2Cc3c(O)cccc3[C@]1(C)CCN2C(=O)C1CCCC1. The van der Waals surface area contributed by atoms with E-state index in [1.165, 1.54) is 18.4 Å². The van der Waals surface area contributed by atoms with Crippen molar-refractivity contribution in [2.24, 2.45) is 11.3 Å². The average molecular weight is 327 g/mol. The molecule has 24 heavy (non-hydrogen) atoms. The highest BCUT2D eigenvalue weighted by molar-refractivity contribution is 5.80. The van der Waals surface area contributed by atoms with Crippen LogP contribution in [0.4, 0.5) is 0 Å².